The number of nitrogens with one attached hydrogen (secondary N) is 2. The molecule has 3 aliphatic rings. The van der Waals surface area contributed by atoms with E-state index in [1.54, 1.807) is 0 Å². The quantitative estimate of drug-likeness (QED) is 0.622. The molecule has 0 saturated carbocycles. The van der Waals surface area contributed by atoms with E-state index in [1.807, 2.05) is 0 Å². The van der Waals surface area contributed by atoms with Gasteiger partial charge in [0.2, 0.25) is 5.95 Å². The van der Waals surface area contributed by atoms with Crippen LogP contribution in [0.4, 0.5) is 17.6 Å². The SMILES string of the molecule is CC1CCCN(c2cc(N3CCCCC3C)nc(NC(=S)NCCN3CCOCC3)n2)C1. The maximum absolute atomic E-state index is 5.57. The Morgan fingerprint density at radius 3 is 2.66 bits per heavy atom. The van der Waals surface area contributed by atoms with Crippen LogP contribution in [0.3, 0.4) is 0 Å². The van der Waals surface area contributed by atoms with Crippen LogP contribution in [0.1, 0.15) is 46.0 Å². The van der Waals surface area contributed by atoms with E-state index in [0.29, 0.717) is 23.0 Å². The summed E-state index contributed by atoms with van der Waals surface area (Å²) in [5.74, 6) is 3.31. The average molecular weight is 462 g/mol. The lowest BCUT2D eigenvalue weighted by atomic mass is 10.0. The first-order valence-electron chi connectivity index (χ1n) is 12.3. The largest absolute Gasteiger partial charge is 0.379 e. The highest BCUT2D eigenvalue weighted by molar-refractivity contribution is 7.80. The molecule has 2 N–H and O–H groups in total. The molecule has 0 aliphatic carbocycles. The van der Waals surface area contributed by atoms with Gasteiger partial charge in [0.15, 0.2) is 5.11 Å². The molecule has 0 amide bonds. The predicted molar refractivity (Wildman–Crippen MR) is 135 cm³/mol. The van der Waals surface area contributed by atoms with E-state index in [4.69, 9.17) is 26.9 Å². The third-order valence-electron chi connectivity index (χ3n) is 6.82. The molecule has 1 aromatic rings. The maximum Gasteiger partial charge on any atom is 0.232 e. The Balaban J connectivity index is 1.43. The fraction of sp³-hybridized carbons (Fsp3) is 0.783. The van der Waals surface area contributed by atoms with Gasteiger partial charge in [-0.25, -0.2) is 0 Å². The van der Waals surface area contributed by atoms with Crippen molar-refractivity contribution in [3.8, 4) is 0 Å². The summed E-state index contributed by atoms with van der Waals surface area (Å²) in [6, 6.07) is 2.68. The van der Waals surface area contributed by atoms with Crippen LogP contribution in [0.5, 0.6) is 0 Å². The number of hydrogen-bond donors (Lipinski definition) is 2. The summed E-state index contributed by atoms with van der Waals surface area (Å²) in [6.07, 6.45) is 6.23. The molecule has 0 aromatic carbocycles. The van der Waals surface area contributed by atoms with Gasteiger partial charge in [0, 0.05) is 57.9 Å². The Hall–Kier alpha value is -1.71. The third kappa shape index (κ3) is 6.42. The van der Waals surface area contributed by atoms with Crippen molar-refractivity contribution >= 4 is 34.9 Å². The fourth-order valence-electron chi connectivity index (χ4n) is 4.92. The number of ether oxygens (including phenoxy) is 1. The van der Waals surface area contributed by atoms with Gasteiger partial charge in [-0.3, -0.25) is 4.90 Å². The maximum atomic E-state index is 5.57. The number of morpholine rings is 1. The molecule has 32 heavy (non-hydrogen) atoms. The van der Waals surface area contributed by atoms with Gasteiger partial charge in [0.25, 0.3) is 0 Å². The highest BCUT2D eigenvalue weighted by Gasteiger charge is 2.24. The molecule has 9 heteroatoms. The van der Waals surface area contributed by atoms with Crippen LogP contribution in [-0.2, 0) is 4.74 Å². The van der Waals surface area contributed by atoms with Gasteiger partial charge >= 0.3 is 0 Å². The first kappa shape index (κ1) is 23.4. The van der Waals surface area contributed by atoms with E-state index in [-0.39, 0.29) is 0 Å². The van der Waals surface area contributed by atoms with Gasteiger partial charge in [0.1, 0.15) is 11.6 Å². The molecular formula is C23H39N7OS. The Labute approximate surface area is 198 Å². The summed E-state index contributed by atoms with van der Waals surface area (Å²) >= 11 is 5.57. The lowest BCUT2D eigenvalue weighted by Gasteiger charge is -2.36. The Kier molecular flexibility index (Phi) is 8.37. The summed E-state index contributed by atoms with van der Waals surface area (Å²) in [7, 11) is 0. The van der Waals surface area contributed by atoms with Crippen molar-refractivity contribution in [3.05, 3.63) is 6.07 Å². The summed E-state index contributed by atoms with van der Waals surface area (Å²) in [6.45, 7) is 13.1. The molecule has 2 atom stereocenters. The number of nitrogens with zero attached hydrogens (tertiary/aromatic N) is 5. The van der Waals surface area contributed by atoms with E-state index in [9.17, 15) is 0 Å². The lowest BCUT2D eigenvalue weighted by Crippen LogP contribution is -2.42. The third-order valence-corrected chi connectivity index (χ3v) is 7.07. The second-order valence-electron chi connectivity index (χ2n) is 9.47. The minimum atomic E-state index is 0.498. The zero-order chi connectivity index (χ0) is 22.3. The van der Waals surface area contributed by atoms with Crippen molar-refractivity contribution in [2.45, 2.75) is 52.0 Å². The van der Waals surface area contributed by atoms with E-state index in [1.165, 1.54) is 32.1 Å². The van der Waals surface area contributed by atoms with Crippen molar-refractivity contribution < 1.29 is 4.74 Å². The first-order valence-corrected chi connectivity index (χ1v) is 12.7. The van der Waals surface area contributed by atoms with E-state index in [2.05, 4.69) is 45.2 Å². The molecule has 3 fully saturated rings. The van der Waals surface area contributed by atoms with Crippen molar-refractivity contribution in [2.24, 2.45) is 5.92 Å². The number of anilines is 3. The topological polar surface area (TPSA) is 68.8 Å². The highest BCUT2D eigenvalue weighted by Crippen LogP contribution is 2.29. The van der Waals surface area contributed by atoms with Crippen LogP contribution in [0, 0.1) is 5.92 Å². The monoisotopic (exact) mass is 461 g/mol. The molecule has 1 aromatic heterocycles. The van der Waals surface area contributed by atoms with Gasteiger partial charge < -0.3 is 25.2 Å². The molecule has 2 unspecified atom stereocenters. The van der Waals surface area contributed by atoms with Gasteiger partial charge in [-0.1, -0.05) is 6.92 Å². The van der Waals surface area contributed by atoms with Crippen LogP contribution < -0.4 is 20.4 Å². The number of thiocarbonyl (C=S) groups is 1. The summed E-state index contributed by atoms with van der Waals surface area (Å²) in [5, 5.41) is 7.17. The van der Waals surface area contributed by atoms with E-state index < -0.39 is 0 Å². The highest BCUT2D eigenvalue weighted by atomic mass is 32.1. The second-order valence-corrected chi connectivity index (χ2v) is 9.88. The zero-order valence-electron chi connectivity index (χ0n) is 19.7. The van der Waals surface area contributed by atoms with Crippen LogP contribution >= 0.6 is 12.2 Å². The normalized spacial score (nSPS) is 24.9. The van der Waals surface area contributed by atoms with Crippen LogP contribution in [0.25, 0.3) is 0 Å². The smallest absolute Gasteiger partial charge is 0.232 e. The minimum Gasteiger partial charge on any atom is -0.379 e. The first-order chi connectivity index (χ1) is 15.6. The Bertz CT molecular complexity index is 758. The van der Waals surface area contributed by atoms with Gasteiger partial charge in [-0.05, 0) is 57.2 Å². The standard InChI is InChI=1S/C23H39N7OS/c1-18-6-5-9-29(17-18)20-16-21(30-10-4-3-7-19(30)2)26-22(25-20)27-23(32)24-8-11-28-12-14-31-15-13-28/h16,18-19H,3-15,17H2,1-2H3,(H2,24,25,26,27,32). The Morgan fingerprint density at radius 1 is 1.06 bits per heavy atom. The van der Waals surface area contributed by atoms with Crippen LogP contribution in [0.2, 0.25) is 0 Å². The molecule has 4 rings (SSSR count). The van der Waals surface area contributed by atoms with Crippen molar-refractivity contribution in [1.29, 1.82) is 0 Å². The average Bonchev–Trinajstić information content (AvgIpc) is 2.80. The summed E-state index contributed by atoms with van der Waals surface area (Å²) in [5.41, 5.74) is 0. The van der Waals surface area contributed by atoms with E-state index >= 15 is 0 Å². The van der Waals surface area contributed by atoms with Crippen molar-refractivity contribution in [1.82, 2.24) is 20.2 Å². The number of rotatable bonds is 6. The zero-order valence-corrected chi connectivity index (χ0v) is 20.5. The number of piperidine rings is 2. The predicted octanol–water partition coefficient (Wildman–Crippen LogP) is 2.71. The summed E-state index contributed by atoms with van der Waals surface area (Å²) < 4.78 is 5.42. The molecule has 0 spiro atoms. The van der Waals surface area contributed by atoms with Crippen LogP contribution in [0.15, 0.2) is 6.07 Å². The molecular weight excluding hydrogens is 422 g/mol. The second kappa shape index (κ2) is 11.4. The molecule has 8 nitrogen and oxygen atoms in total. The summed E-state index contributed by atoms with van der Waals surface area (Å²) in [4.78, 5) is 17.0. The van der Waals surface area contributed by atoms with Gasteiger partial charge in [-0.15, -0.1) is 0 Å². The molecule has 0 radical (unpaired) electrons. The Morgan fingerprint density at radius 2 is 1.88 bits per heavy atom. The lowest BCUT2D eigenvalue weighted by molar-refractivity contribution is 0.0389. The fourth-order valence-corrected chi connectivity index (χ4v) is 5.11. The van der Waals surface area contributed by atoms with Gasteiger partial charge in [0.05, 0.1) is 13.2 Å². The molecule has 4 heterocycles. The number of hydrogen-bond acceptors (Lipinski definition) is 7. The molecule has 3 aliphatic heterocycles. The van der Waals surface area contributed by atoms with Crippen LogP contribution in [-0.4, -0.2) is 85.0 Å². The van der Waals surface area contributed by atoms with E-state index in [0.717, 1.165) is 70.7 Å². The van der Waals surface area contributed by atoms with Crippen molar-refractivity contribution in [3.63, 3.8) is 0 Å². The molecule has 178 valence electrons. The van der Waals surface area contributed by atoms with Crippen molar-refractivity contribution in [2.75, 3.05) is 74.1 Å². The van der Waals surface area contributed by atoms with Gasteiger partial charge in [-0.2, -0.15) is 9.97 Å². The number of aromatic nitrogens is 2. The molecule has 0 bridgehead atoms. The molecule has 3 saturated heterocycles. The minimum absolute atomic E-state index is 0.498.